The lowest BCUT2D eigenvalue weighted by Gasteiger charge is -2.39. The monoisotopic (exact) mass is 262 g/mol. The molecule has 1 fully saturated rings. The Bertz CT molecular complexity index is 420. The van der Waals surface area contributed by atoms with Gasteiger partial charge in [-0.3, -0.25) is 4.90 Å². The number of rotatable bonds is 3. The molecule has 4 heteroatoms. The third-order valence-electron chi connectivity index (χ3n) is 2.93. The van der Waals surface area contributed by atoms with E-state index in [0.717, 1.165) is 19.6 Å². The van der Waals surface area contributed by atoms with Crippen LogP contribution in [0.4, 0.5) is 4.79 Å². The first-order valence-electron chi connectivity index (χ1n) is 6.68. The molecule has 1 aromatic rings. The smallest absolute Gasteiger partial charge is 0.407 e. The number of alkyl carbamates (subject to hydrolysis) is 1. The van der Waals surface area contributed by atoms with Crippen LogP contribution in [0.2, 0.25) is 0 Å². The molecular weight excluding hydrogens is 240 g/mol. The number of hydrogen-bond acceptors (Lipinski definition) is 3. The zero-order chi connectivity index (χ0) is 13.9. The topological polar surface area (TPSA) is 41.6 Å². The van der Waals surface area contributed by atoms with Gasteiger partial charge in [-0.25, -0.2) is 4.79 Å². The number of ether oxygens (including phenoxy) is 1. The summed E-state index contributed by atoms with van der Waals surface area (Å²) in [5, 5.41) is 2.89. The zero-order valence-electron chi connectivity index (χ0n) is 11.8. The SMILES string of the molecule is CC(C)(C)OC(=O)NC1CN(Cc2ccccc2)C1. The van der Waals surface area contributed by atoms with E-state index in [1.807, 2.05) is 39.0 Å². The van der Waals surface area contributed by atoms with Crippen LogP contribution < -0.4 is 5.32 Å². The maximum atomic E-state index is 11.6. The Balaban J connectivity index is 1.68. The molecule has 0 atom stereocenters. The molecule has 0 saturated carbocycles. The minimum absolute atomic E-state index is 0.207. The number of likely N-dealkylation sites (tertiary alicyclic amines) is 1. The van der Waals surface area contributed by atoms with Crippen molar-refractivity contribution in [3.63, 3.8) is 0 Å². The molecule has 0 bridgehead atoms. The lowest BCUT2D eigenvalue weighted by atomic mass is 10.1. The first-order valence-corrected chi connectivity index (χ1v) is 6.68. The number of hydrogen-bond donors (Lipinski definition) is 1. The molecule has 104 valence electrons. The Morgan fingerprint density at radius 2 is 1.95 bits per heavy atom. The lowest BCUT2D eigenvalue weighted by Crippen LogP contribution is -2.59. The van der Waals surface area contributed by atoms with E-state index in [9.17, 15) is 4.79 Å². The van der Waals surface area contributed by atoms with E-state index < -0.39 is 5.60 Å². The van der Waals surface area contributed by atoms with Gasteiger partial charge in [0.05, 0.1) is 6.04 Å². The van der Waals surface area contributed by atoms with Gasteiger partial charge in [0.15, 0.2) is 0 Å². The summed E-state index contributed by atoms with van der Waals surface area (Å²) in [6.07, 6.45) is -0.322. The average molecular weight is 262 g/mol. The van der Waals surface area contributed by atoms with Gasteiger partial charge in [0.25, 0.3) is 0 Å². The van der Waals surface area contributed by atoms with E-state index in [-0.39, 0.29) is 12.1 Å². The zero-order valence-corrected chi connectivity index (χ0v) is 11.8. The molecule has 1 aliphatic rings. The minimum Gasteiger partial charge on any atom is -0.444 e. The fourth-order valence-corrected chi connectivity index (χ4v) is 2.11. The molecule has 1 aliphatic heterocycles. The second-order valence-electron chi connectivity index (χ2n) is 6.02. The highest BCUT2D eigenvalue weighted by atomic mass is 16.6. The lowest BCUT2D eigenvalue weighted by molar-refractivity contribution is 0.0392. The highest BCUT2D eigenvalue weighted by Crippen LogP contribution is 2.14. The van der Waals surface area contributed by atoms with Crippen LogP contribution in [0.3, 0.4) is 0 Å². The first kappa shape index (κ1) is 13.9. The number of benzene rings is 1. The maximum absolute atomic E-state index is 11.6. The fourth-order valence-electron chi connectivity index (χ4n) is 2.11. The predicted molar refractivity (Wildman–Crippen MR) is 74.9 cm³/mol. The van der Waals surface area contributed by atoms with Gasteiger partial charge in [-0.2, -0.15) is 0 Å². The van der Waals surface area contributed by atoms with Gasteiger partial charge in [-0.1, -0.05) is 30.3 Å². The van der Waals surface area contributed by atoms with Gasteiger partial charge in [0.2, 0.25) is 0 Å². The van der Waals surface area contributed by atoms with Crippen LogP contribution in [-0.4, -0.2) is 35.7 Å². The Kier molecular flexibility index (Phi) is 4.10. The standard InChI is InChI=1S/C15H22N2O2/c1-15(2,3)19-14(18)16-13-10-17(11-13)9-12-7-5-4-6-8-12/h4-8,13H,9-11H2,1-3H3,(H,16,18). The summed E-state index contributed by atoms with van der Waals surface area (Å²) in [5.41, 5.74) is 0.871. The molecule has 1 N–H and O–H groups in total. The number of carbonyl (C=O) groups excluding carboxylic acids is 1. The second kappa shape index (κ2) is 5.61. The summed E-state index contributed by atoms with van der Waals surface area (Å²) >= 11 is 0. The van der Waals surface area contributed by atoms with Crippen LogP contribution >= 0.6 is 0 Å². The summed E-state index contributed by atoms with van der Waals surface area (Å²) in [4.78, 5) is 13.9. The molecular formula is C15H22N2O2. The van der Waals surface area contributed by atoms with Gasteiger partial charge in [-0.15, -0.1) is 0 Å². The van der Waals surface area contributed by atoms with Crippen molar-refractivity contribution in [1.29, 1.82) is 0 Å². The van der Waals surface area contributed by atoms with Crippen LogP contribution in [0.25, 0.3) is 0 Å². The molecule has 4 nitrogen and oxygen atoms in total. The van der Waals surface area contributed by atoms with Gasteiger partial charge >= 0.3 is 6.09 Å². The van der Waals surface area contributed by atoms with Gasteiger partial charge in [0, 0.05) is 19.6 Å². The van der Waals surface area contributed by atoms with Gasteiger partial charge in [-0.05, 0) is 26.3 Å². The van der Waals surface area contributed by atoms with Crippen molar-refractivity contribution >= 4 is 6.09 Å². The molecule has 0 unspecified atom stereocenters. The minimum atomic E-state index is -0.433. The van der Waals surface area contributed by atoms with E-state index in [2.05, 4.69) is 22.3 Å². The van der Waals surface area contributed by atoms with E-state index >= 15 is 0 Å². The largest absolute Gasteiger partial charge is 0.444 e. The molecule has 2 rings (SSSR count). The van der Waals surface area contributed by atoms with Crippen LogP contribution in [0.5, 0.6) is 0 Å². The predicted octanol–water partition coefficient (Wildman–Crippen LogP) is 2.40. The molecule has 1 amide bonds. The number of amides is 1. The summed E-state index contributed by atoms with van der Waals surface area (Å²) in [7, 11) is 0. The first-order chi connectivity index (χ1) is 8.92. The Labute approximate surface area is 114 Å². The molecule has 0 spiro atoms. The van der Waals surface area contributed by atoms with Gasteiger partial charge in [0.1, 0.15) is 5.60 Å². The van der Waals surface area contributed by atoms with E-state index in [1.165, 1.54) is 5.56 Å². The molecule has 1 aromatic carbocycles. The van der Waals surface area contributed by atoms with E-state index in [1.54, 1.807) is 0 Å². The van der Waals surface area contributed by atoms with Crippen LogP contribution in [0.1, 0.15) is 26.3 Å². The Morgan fingerprint density at radius 1 is 1.32 bits per heavy atom. The number of nitrogens with zero attached hydrogens (tertiary/aromatic N) is 1. The van der Waals surface area contributed by atoms with Crippen molar-refractivity contribution in [2.45, 2.75) is 39.0 Å². The summed E-state index contributed by atoms with van der Waals surface area (Å²) in [6, 6.07) is 10.6. The molecule has 0 aromatic heterocycles. The summed E-state index contributed by atoms with van der Waals surface area (Å²) in [6.45, 7) is 8.31. The summed E-state index contributed by atoms with van der Waals surface area (Å²) < 4.78 is 5.23. The molecule has 1 heterocycles. The third kappa shape index (κ3) is 4.56. The maximum Gasteiger partial charge on any atom is 0.407 e. The normalized spacial score (nSPS) is 16.8. The van der Waals surface area contributed by atoms with Crippen molar-refractivity contribution in [2.24, 2.45) is 0 Å². The molecule has 0 aliphatic carbocycles. The summed E-state index contributed by atoms with van der Waals surface area (Å²) in [5.74, 6) is 0. The highest BCUT2D eigenvalue weighted by molar-refractivity contribution is 5.68. The van der Waals surface area contributed by atoms with Crippen LogP contribution in [0, 0.1) is 0 Å². The second-order valence-corrected chi connectivity index (χ2v) is 6.02. The quantitative estimate of drug-likeness (QED) is 0.909. The molecule has 0 radical (unpaired) electrons. The number of nitrogens with one attached hydrogen (secondary N) is 1. The fraction of sp³-hybridized carbons (Fsp3) is 0.533. The van der Waals surface area contributed by atoms with Crippen LogP contribution in [-0.2, 0) is 11.3 Å². The third-order valence-corrected chi connectivity index (χ3v) is 2.93. The average Bonchev–Trinajstić information content (AvgIpc) is 2.25. The van der Waals surface area contributed by atoms with E-state index in [0.29, 0.717) is 0 Å². The van der Waals surface area contributed by atoms with Crippen molar-refractivity contribution in [3.8, 4) is 0 Å². The van der Waals surface area contributed by atoms with Crippen molar-refractivity contribution in [1.82, 2.24) is 10.2 Å². The number of carbonyl (C=O) groups is 1. The Morgan fingerprint density at radius 3 is 2.53 bits per heavy atom. The highest BCUT2D eigenvalue weighted by Gasteiger charge is 2.29. The molecule has 1 saturated heterocycles. The van der Waals surface area contributed by atoms with Crippen molar-refractivity contribution < 1.29 is 9.53 Å². The Hall–Kier alpha value is -1.55. The van der Waals surface area contributed by atoms with Crippen LogP contribution in [0.15, 0.2) is 30.3 Å². The van der Waals surface area contributed by atoms with Crippen molar-refractivity contribution in [2.75, 3.05) is 13.1 Å². The van der Waals surface area contributed by atoms with Crippen molar-refractivity contribution in [3.05, 3.63) is 35.9 Å². The van der Waals surface area contributed by atoms with E-state index in [4.69, 9.17) is 4.74 Å². The van der Waals surface area contributed by atoms with Gasteiger partial charge < -0.3 is 10.1 Å². The molecule has 19 heavy (non-hydrogen) atoms.